The summed E-state index contributed by atoms with van der Waals surface area (Å²) in [5.41, 5.74) is -0.0538. The molecule has 5 nitrogen and oxygen atoms in total. The van der Waals surface area contributed by atoms with Crippen molar-refractivity contribution < 1.29 is 17.6 Å². The Morgan fingerprint density at radius 2 is 2.19 bits per heavy atom. The molecule has 2 unspecified atom stereocenters. The number of carbonyl (C=O) groups is 1. The number of primary sulfonamides is 1. The number of hydrogen-bond acceptors (Lipinski definition) is 3. The molecule has 8 heteroatoms. The largest absolute Gasteiger partial charge is 0.349 e. The molecule has 1 aliphatic rings. The lowest BCUT2D eigenvalue weighted by Crippen LogP contribution is -2.27. The molecule has 116 valence electrons. The summed E-state index contributed by atoms with van der Waals surface area (Å²) in [6.07, 6.45) is 2.97. The van der Waals surface area contributed by atoms with E-state index in [2.05, 4.69) is 28.2 Å². The summed E-state index contributed by atoms with van der Waals surface area (Å²) in [7, 11) is -4.11. The smallest absolute Gasteiger partial charge is 0.251 e. The highest BCUT2D eigenvalue weighted by atomic mass is 79.9. The molecular formula is C13H16BrFN2O3S. The van der Waals surface area contributed by atoms with Crippen molar-refractivity contribution in [1.29, 1.82) is 0 Å². The van der Waals surface area contributed by atoms with Crippen LogP contribution in [-0.4, -0.2) is 20.4 Å². The van der Waals surface area contributed by atoms with Crippen molar-refractivity contribution in [3.63, 3.8) is 0 Å². The van der Waals surface area contributed by atoms with Crippen LogP contribution in [0.4, 0.5) is 4.39 Å². The molecule has 1 amide bonds. The third-order valence-corrected chi connectivity index (χ3v) is 5.47. The monoisotopic (exact) mass is 378 g/mol. The average molecular weight is 379 g/mol. The van der Waals surface area contributed by atoms with Crippen molar-refractivity contribution in [1.82, 2.24) is 5.32 Å². The minimum atomic E-state index is -4.11. The standard InChI is InChI=1S/C13H16BrFN2O3S/c1-2-3-7-5-10(7)17-13(18)8-4-9(15)12(14)11(6-8)21(16,19)20/h4,6-7,10H,2-3,5H2,1H3,(H,17,18)(H2,16,19,20). The third kappa shape index (κ3) is 3.81. The fourth-order valence-electron chi connectivity index (χ4n) is 2.27. The van der Waals surface area contributed by atoms with Crippen LogP contribution in [-0.2, 0) is 10.0 Å². The Balaban J connectivity index is 2.21. The summed E-state index contributed by atoms with van der Waals surface area (Å²) in [5.74, 6) is -0.876. The van der Waals surface area contributed by atoms with Crippen molar-refractivity contribution in [3.05, 3.63) is 28.0 Å². The summed E-state index contributed by atoms with van der Waals surface area (Å²) < 4.78 is 36.3. The quantitative estimate of drug-likeness (QED) is 0.822. The van der Waals surface area contributed by atoms with E-state index in [9.17, 15) is 17.6 Å². The molecule has 1 aromatic carbocycles. The molecule has 1 fully saturated rings. The predicted molar refractivity (Wildman–Crippen MR) is 79.7 cm³/mol. The molecule has 21 heavy (non-hydrogen) atoms. The molecule has 0 bridgehead atoms. The van der Waals surface area contributed by atoms with Crippen molar-refractivity contribution >= 4 is 31.9 Å². The van der Waals surface area contributed by atoms with Crippen LogP contribution < -0.4 is 10.5 Å². The summed E-state index contributed by atoms with van der Waals surface area (Å²) in [5, 5.41) is 7.79. The number of amides is 1. The molecule has 0 heterocycles. The maximum Gasteiger partial charge on any atom is 0.251 e. The van der Waals surface area contributed by atoms with Gasteiger partial charge in [-0.3, -0.25) is 4.79 Å². The van der Waals surface area contributed by atoms with E-state index in [0.29, 0.717) is 5.92 Å². The van der Waals surface area contributed by atoms with E-state index < -0.39 is 26.6 Å². The SMILES string of the molecule is CCCC1CC1NC(=O)c1cc(F)c(Br)c(S(N)(=O)=O)c1. The lowest BCUT2D eigenvalue weighted by molar-refractivity contribution is 0.0948. The summed E-state index contributed by atoms with van der Waals surface area (Å²) in [6.45, 7) is 2.07. The van der Waals surface area contributed by atoms with Crippen LogP contribution in [0.2, 0.25) is 0 Å². The molecule has 0 aromatic heterocycles. The molecule has 1 aliphatic carbocycles. The lowest BCUT2D eigenvalue weighted by atomic mass is 10.2. The van der Waals surface area contributed by atoms with Gasteiger partial charge in [-0.1, -0.05) is 13.3 Å². The van der Waals surface area contributed by atoms with E-state index >= 15 is 0 Å². The predicted octanol–water partition coefficient (Wildman–Crippen LogP) is 2.15. The molecule has 0 radical (unpaired) electrons. The fraction of sp³-hybridized carbons (Fsp3) is 0.462. The number of hydrogen-bond donors (Lipinski definition) is 2. The number of nitrogens with two attached hydrogens (primary N) is 1. The Kier molecular flexibility index (Phi) is 4.69. The second-order valence-corrected chi connectivity index (χ2v) is 7.50. The van der Waals surface area contributed by atoms with Crippen molar-refractivity contribution in [2.75, 3.05) is 0 Å². The van der Waals surface area contributed by atoms with E-state index in [4.69, 9.17) is 5.14 Å². The van der Waals surface area contributed by atoms with Crippen molar-refractivity contribution in [2.45, 2.75) is 37.1 Å². The third-order valence-electron chi connectivity index (χ3n) is 3.46. The molecule has 3 N–H and O–H groups in total. The van der Waals surface area contributed by atoms with Gasteiger partial charge in [0.25, 0.3) is 5.91 Å². The van der Waals surface area contributed by atoms with Crippen LogP contribution in [0.1, 0.15) is 36.5 Å². The van der Waals surface area contributed by atoms with Gasteiger partial charge in [0.05, 0.1) is 9.37 Å². The number of nitrogens with one attached hydrogen (secondary N) is 1. The Morgan fingerprint density at radius 1 is 1.52 bits per heavy atom. The number of rotatable bonds is 5. The fourth-order valence-corrected chi connectivity index (χ4v) is 3.81. The van der Waals surface area contributed by atoms with Gasteiger partial charge in [-0.25, -0.2) is 17.9 Å². The second-order valence-electron chi connectivity index (χ2n) is 5.18. The van der Waals surface area contributed by atoms with Gasteiger partial charge in [0.1, 0.15) is 5.82 Å². The van der Waals surface area contributed by atoms with Gasteiger partial charge in [-0.2, -0.15) is 0 Å². The summed E-state index contributed by atoms with van der Waals surface area (Å²) in [4.78, 5) is 11.6. The first-order valence-electron chi connectivity index (χ1n) is 6.56. The van der Waals surface area contributed by atoms with E-state index in [-0.39, 0.29) is 16.1 Å². The maximum absolute atomic E-state index is 13.7. The Morgan fingerprint density at radius 3 is 2.76 bits per heavy atom. The van der Waals surface area contributed by atoms with Gasteiger partial charge in [-0.05, 0) is 46.8 Å². The van der Waals surface area contributed by atoms with E-state index in [1.807, 2.05) is 0 Å². The van der Waals surface area contributed by atoms with Gasteiger partial charge in [0.2, 0.25) is 10.0 Å². The zero-order valence-electron chi connectivity index (χ0n) is 11.4. The molecular weight excluding hydrogens is 363 g/mol. The number of carbonyl (C=O) groups excluding carboxylic acids is 1. The first-order valence-corrected chi connectivity index (χ1v) is 8.90. The lowest BCUT2D eigenvalue weighted by Gasteiger charge is -2.08. The summed E-state index contributed by atoms with van der Waals surface area (Å²) in [6, 6.07) is 2.16. The van der Waals surface area contributed by atoms with Crippen LogP contribution in [0.25, 0.3) is 0 Å². The zero-order valence-corrected chi connectivity index (χ0v) is 13.8. The highest BCUT2D eigenvalue weighted by Gasteiger charge is 2.37. The summed E-state index contributed by atoms with van der Waals surface area (Å²) >= 11 is 2.83. The zero-order chi connectivity index (χ0) is 15.8. The topological polar surface area (TPSA) is 89.3 Å². The number of sulfonamides is 1. The highest BCUT2D eigenvalue weighted by Crippen LogP contribution is 2.35. The van der Waals surface area contributed by atoms with Gasteiger partial charge in [0, 0.05) is 11.6 Å². The Hall–Kier alpha value is -0.990. The molecule has 2 atom stereocenters. The van der Waals surface area contributed by atoms with Crippen LogP contribution in [0.15, 0.2) is 21.5 Å². The van der Waals surface area contributed by atoms with E-state index in [1.54, 1.807) is 0 Å². The molecule has 0 spiro atoms. The van der Waals surface area contributed by atoms with Crippen LogP contribution in [0.3, 0.4) is 0 Å². The minimum absolute atomic E-state index is 0.0538. The first-order chi connectivity index (χ1) is 9.74. The minimum Gasteiger partial charge on any atom is -0.349 e. The normalized spacial score (nSPS) is 21.1. The van der Waals surface area contributed by atoms with E-state index in [1.165, 1.54) is 0 Å². The van der Waals surface area contributed by atoms with Gasteiger partial charge < -0.3 is 5.32 Å². The van der Waals surface area contributed by atoms with E-state index in [0.717, 1.165) is 31.4 Å². The molecule has 1 aromatic rings. The first kappa shape index (κ1) is 16.4. The Bertz CT molecular complexity index is 678. The number of benzene rings is 1. The van der Waals surface area contributed by atoms with Crippen LogP contribution in [0, 0.1) is 11.7 Å². The van der Waals surface area contributed by atoms with Gasteiger partial charge in [-0.15, -0.1) is 0 Å². The average Bonchev–Trinajstić information content (AvgIpc) is 3.09. The maximum atomic E-state index is 13.7. The molecule has 1 saturated carbocycles. The molecule has 2 rings (SSSR count). The Labute approximate surface area is 131 Å². The van der Waals surface area contributed by atoms with Crippen LogP contribution >= 0.6 is 15.9 Å². The van der Waals surface area contributed by atoms with Crippen molar-refractivity contribution in [3.8, 4) is 0 Å². The van der Waals surface area contributed by atoms with Gasteiger partial charge >= 0.3 is 0 Å². The molecule has 0 saturated heterocycles. The highest BCUT2D eigenvalue weighted by molar-refractivity contribution is 9.10. The van der Waals surface area contributed by atoms with Crippen molar-refractivity contribution in [2.24, 2.45) is 11.1 Å². The molecule has 0 aliphatic heterocycles. The van der Waals surface area contributed by atoms with Crippen LogP contribution in [0.5, 0.6) is 0 Å². The van der Waals surface area contributed by atoms with Gasteiger partial charge in [0.15, 0.2) is 0 Å². The number of halogens is 2. The second kappa shape index (κ2) is 6.02.